The zero-order valence-electron chi connectivity index (χ0n) is 16.2. The molecule has 6 heteroatoms. The minimum Gasteiger partial charge on any atom is -0.356 e. The minimum atomic E-state index is 0.743. The molecule has 2 rings (SSSR count). The number of aryl methyl sites for hydroxylation is 1. The number of hydrogen-bond acceptors (Lipinski definition) is 4. The second-order valence-electron chi connectivity index (χ2n) is 6.89. The Morgan fingerprint density at radius 3 is 2.72 bits per heavy atom. The van der Waals surface area contributed by atoms with Crippen LogP contribution in [0.15, 0.2) is 10.4 Å². The lowest BCUT2D eigenvalue weighted by atomic mass is 9.97. The van der Waals surface area contributed by atoms with Gasteiger partial charge in [-0.3, -0.25) is 9.89 Å². The summed E-state index contributed by atoms with van der Waals surface area (Å²) >= 11 is 1.79. The second kappa shape index (κ2) is 11.5. The van der Waals surface area contributed by atoms with E-state index in [2.05, 4.69) is 39.8 Å². The largest absolute Gasteiger partial charge is 0.356 e. The lowest BCUT2D eigenvalue weighted by Crippen LogP contribution is -2.43. The highest BCUT2D eigenvalue weighted by atomic mass is 32.1. The third kappa shape index (κ3) is 7.32. The van der Waals surface area contributed by atoms with Crippen LogP contribution in [0, 0.1) is 5.92 Å². The fourth-order valence-electron chi connectivity index (χ4n) is 3.21. The van der Waals surface area contributed by atoms with Gasteiger partial charge in [-0.25, -0.2) is 4.98 Å². The van der Waals surface area contributed by atoms with Gasteiger partial charge < -0.3 is 10.6 Å². The molecular formula is C19H35N5S. The third-order valence-electron chi connectivity index (χ3n) is 4.85. The van der Waals surface area contributed by atoms with E-state index in [0.29, 0.717) is 0 Å². The molecule has 1 aliphatic rings. The molecule has 0 saturated carbocycles. The summed E-state index contributed by atoms with van der Waals surface area (Å²) < 4.78 is 0. The lowest BCUT2D eigenvalue weighted by Gasteiger charge is -2.31. The van der Waals surface area contributed by atoms with Crippen LogP contribution in [0.5, 0.6) is 0 Å². The number of nitrogens with zero attached hydrogens (tertiary/aromatic N) is 3. The third-order valence-corrected chi connectivity index (χ3v) is 5.89. The number of nitrogens with one attached hydrogen (secondary N) is 2. The molecule has 0 unspecified atom stereocenters. The summed E-state index contributed by atoms with van der Waals surface area (Å²) in [5, 5.41) is 10.4. The zero-order chi connectivity index (χ0) is 17.9. The van der Waals surface area contributed by atoms with Crippen LogP contribution in [0.4, 0.5) is 0 Å². The maximum Gasteiger partial charge on any atom is 0.190 e. The van der Waals surface area contributed by atoms with Crippen molar-refractivity contribution in [1.29, 1.82) is 0 Å². The van der Waals surface area contributed by atoms with Crippen molar-refractivity contribution in [2.45, 2.75) is 58.9 Å². The van der Waals surface area contributed by atoms with E-state index < -0.39 is 0 Å². The van der Waals surface area contributed by atoms with Crippen LogP contribution >= 0.6 is 11.3 Å². The molecule has 1 fully saturated rings. The van der Waals surface area contributed by atoms with Crippen LogP contribution in [0.25, 0.3) is 0 Å². The zero-order valence-corrected chi connectivity index (χ0v) is 17.0. The summed E-state index contributed by atoms with van der Waals surface area (Å²) in [6, 6.07) is 0. The maximum absolute atomic E-state index is 4.69. The predicted octanol–water partition coefficient (Wildman–Crippen LogP) is 3.27. The summed E-state index contributed by atoms with van der Waals surface area (Å²) in [5.74, 6) is 1.69. The first-order chi connectivity index (χ1) is 12.2. The Morgan fingerprint density at radius 1 is 1.28 bits per heavy atom. The molecule has 25 heavy (non-hydrogen) atoms. The van der Waals surface area contributed by atoms with Crippen LogP contribution in [-0.2, 0) is 13.0 Å². The van der Waals surface area contributed by atoms with Gasteiger partial charge in [-0.1, -0.05) is 26.7 Å². The average molecular weight is 366 g/mol. The first kappa shape index (κ1) is 20.2. The summed E-state index contributed by atoms with van der Waals surface area (Å²) in [5.41, 5.74) is 1.25. The molecule has 0 radical (unpaired) electrons. The Hall–Kier alpha value is -1.14. The first-order valence-corrected chi connectivity index (χ1v) is 10.7. The Balaban J connectivity index is 1.62. The van der Waals surface area contributed by atoms with E-state index in [9.17, 15) is 0 Å². The average Bonchev–Trinajstić information content (AvgIpc) is 3.10. The van der Waals surface area contributed by atoms with Gasteiger partial charge in [0.25, 0.3) is 0 Å². The molecule has 0 atom stereocenters. The highest BCUT2D eigenvalue weighted by Gasteiger charge is 2.20. The first-order valence-electron chi connectivity index (χ1n) is 9.85. The molecule has 2 heterocycles. The fourth-order valence-corrected chi connectivity index (χ4v) is 3.94. The number of piperidine rings is 1. The van der Waals surface area contributed by atoms with Crippen LogP contribution in [-0.4, -0.2) is 49.1 Å². The van der Waals surface area contributed by atoms with E-state index in [1.54, 1.807) is 11.3 Å². The Morgan fingerprint density at radius 2 is 2.08 bits per heavy atom. The van der Waals surface area contributed by atoms with Crippen molar-refractivity contribution in [3.63, 3.8) is 0 Å². The normalized spacial score (nSPS) is 17.0. The molecule has 0 spiro atoms. The van der Waals surface area contributed by atoms with Crippen molar-refractivity contribution in [2.24, 2.45) is 10.9 Å². The maximum atomic E-state index is 4.69. The number of hydrogen-bond donors (Lipinski definition) is 2. The minimum absolute atomic E-state index is 0.743. The van der Waals surface area contributed by atoms with E-state index >= 15 is 0 Å². The number of aromatic nitrogens is 1. The van der Waals surface area contributed by atoms with Crippen molar-refractivity contribution < 1.29 is 0 Å². The quantitative estimate of drug-likeness (QED) is 0.401. The van der Waals surface area contributed by atoms with Gasteiger partial charge in [0, 0.05) is 32.1 Å². The number of guanidine groups is 1. The van der Waals surface area contributed by atoms with E-state index in [4.69, 9.17) is 4.98 Å². The number of unbranched alkanes of at least 4 members (excludes halogenated alkanes) is 2. The SMILES string of the molecule is CCCCCNC(=NC)NCC1CCN(Cc2csc(CC)n2)CC1. The van der Waals surface area contributed by atoms with E-state index in [-0.39, 0.29) is 0 Å². The van der Waals surface area contributed by atoms with E-state index in [1.807, 2.05) is 7.05 Å². The molecule has 1 aliphatic heterocycles. The van der Waals surface area contributed by atoms with E-state index in [0.717, 1.165) is 37.9 Å². The summed E-state index contributed by atoms with van der Waals surface area (Å²) in [6.07, 6.45) is 7.31. The molecule has 0 amide bonds. The van der Waals surface area contributed by atoms with Crippen LogP contribution in [0.2, 0.25) is 0 Å². The molecule has 1 saturated heterocycles. The summed E-state index contributed by atoms with van der Waals surface area (Å²) in [6.45, 7) is 9.81. The molecule has 0 aliphatic carbocycles. The molecule has 142 valence electrons. The molecule has 1 aromatic rings. The van der Waals surface area contributed by atoms with Gasteiger partial charge in [-0.15, -0.1) is 11.3 Å². The molecule has 0 bridgehead atoms. The topological polar surface area (TPSA) is 52.6 Å². The summed E-state index contributed by atoms with van der Waals surface area (Å²) in [4.78, 5) is 11.6. The number of aliphatic imine (C=N–C) groups is 1. The van der Waals surface area contributed by atoms with E-state index in [1.165, 1.54) is 55.9 Å². The van der Waals surface area contributed by atoms with Gasteiger partial charge in [-0.2, -0.15) is 0 Å². The van der Waals surface area contributed by atoms with Crippen LogP contribution in [0.1, 0.15) is 56.7 Å². The monoisotopic (exact) mass is 365 g/mol. The van der Waals surface area contributed by atoms with Crippen molar-refractivity contribution in [3.05, 3.63) is 16.1 Å². The Kier molecular flexibility index (Phi) is 9.26. The summed E-state index contributed by atoms with van der Waals surface area (Å²) in [7, 11) is 1.86. The van der Waals surface area contributed by atoms with Crippen molar-refractivity contribution >= 4 is 17.3 Å². The molecular weight excluding hydrogens is 330 g/mol. The van der Waals surface area contributed by atoms with Gasteiger partial charge in [0.2, 0.25) is 0 Å². The van der Waals surface area contributed by atoms with Crippen molar-refractivity contribution in [1.82, 2.24) is 20.5 Å². The molecule has 0 aromatic carbocycles. The van der Waals surface area contributed by atoms with Gasteiger partial charge in [0.05, 0.1) is 10.7 Å². The highest BCUT2D eigenvalue weighted by Crippen LogP contribution is 2.19. The fraction of sp³-hybridized carbons (Fsp3) is 0.789. The van der Waals surface area contributed by atoms with Crippen LogP contribution in [0.3, 0.4) is 0 Å². The Labute approximate surface area is 157 Å². The van der Waals surface area contributed by atoms with Crippen molar-refractivity contribution in [3.8, 4) is 0 Å². The smallest absolute Gasteiger partial charge is 0.190 e. The number of likely N-dealkylation sites (tertiary alicyclic amines) is 1. The predicted molar refractivity (Wildman–Crippen MR) is 108 cm³/mol. The Bertz CT molecular complexity index is 506. The van der Waals surface area contributed by atoms with Crippen LogP contribution < -0.4 is 10.6 Å². The molecule has 1 aromatic heterocycles. The highest BCUT2D eigenvalue weighted by molar-refractivity contribution is 7.09. The second-order valence-corrected chi connectivity index (χ2v) is 7.84. The van der Waals surface area contributed by atoms with Gasteiger partial charge >= 0.3 is 0 Å². The van der Waals surface area contributed by atoms with Gasteiger partial charge in [0.15, 0.2) is 5.96 Å². The standard InChI is InChI=1S/C19H35N5S/c1-4-6-7-10-21-19(20-3)22-13-16-8-11-24(12-9-16)14-17-15-25-18(5-2)23-17/h15-16H,4-14H2,1-3H3,(H2,20,21,22). The number of thiazole rings is 1. The van der Waals surface area contributed by atoms with Gasteiger partial charge in [-0.05, 0) is 44.7 Å². The van der Waals surface area contributed by atoms with Gasteiger partial charge in [0.1, 0.15) is 0 Å². The van der Waals surface area contributed by atoms with Crippen molar-refractivity contribution in [2.75, 3.05) is 33.2 Å². The molecule has 5 nitrogen and oxygen atoms in total. The lowest BCUT2D eigenvalue weighted by molar-refractivity contribution is 0.176. The molecule has 2 N–H and O–H groups in total. The number of rotatable bonds is 9.